The number of allylic oxidation sites excluding steroid dienone is 3. The summed E-state index contributed by atoms with van der Waals surface area (Å²) in [6, 6.07) is -0.804. The molecule has 9 heteroatoms. The first kappa shape index (κ1) is 49.7. The molecule has 7 unspecified atom stereocenters. The van der Waals surface area contributed by atoms with E-state index in [2.05, 4.69) is 31.3 Å². The summed E-state index contributed by atoms with van der Waals surface area (Å²) in [4.78, 5) is 12.9. The summed E-state index contributed by atoms with van der Waals surface area (Å²) >= 11 is 0. The third-order valence-electron chi connectivity index (χ3n) is 10.5. The molecule has 9 nitrogen and oxygen atoms in total. The topological polar surface area (TPSA) is 149 Å². The van der Waals surface area contributed by atoms with Crippen molar-refractivity contribution in [1.82, 2.24) is 5.32 Å². The van der Waals surface area contributed by atoms with E-state index >= 15 is 0 Å². The van der Waals surface area contributed by atoms with Crippen molar-refractivity contribution in [2.24, 2.45) is 0 Å². The van der Waals surface area contributed by atoms with Gasteiger partial charge >= 0.3 is 0 Å². The molecule has 0 bridgehead atoms. The minimum atomic E-state index is -1.56. The maximum atomic E-state index is 12.9. The Balaban J connectivity index is 2.36. The second-order valence-corrected chi connectivity index (χ2v) is 15.5. The molecule has 312 valence electrons. The second kappa shape index (κ2) is 35.1. The van der Waals surface area contributed by atoms with Gasteiger partial charge in [-0.05, 0) is 38.5 Å². The smallest absolute Gasteiger partial charge is 0.220 e. The molecule has 1 amide bonds. The Morgan fingerprint density at radius 1 is 0.623 bits per heavy atom. The number of aliphatic hydroxyl groups excluding tert-OH is 5. The summed E-state index contributed by atoms with van der Waals surface area (Å²) in [7, 11) is 0. The molecule has 1 aliphatic heterocycles. The van der Waals surface area contributed by atoms with Gasteiger partial charge in [0.2, 0.25) is 5.91 Å². The van der Waals surface area contributed by atoms with Crippen LogP contribution in [0.2, 0.25) is 0 Å². The number of hydrogen-bond acceptors (Lipinski definition) is 8. The molecule has 1 saturated heterocycles. The molecule has 0 aliphatic carbocycles. The van der Waals surface area contributed by atoms with Gasteiger partial charge in [-0.3, -0.25) is 4.79 Å². The fourth-order valence-electron chi connectivity index (χ4n) is 6.90. The second-order valence-electron chi connectivity index (χ2n) is 15.5. The van der Waals surface area contributed by atoms with Gasteiger partial charge in [-0.2, -0.15) is 0 Å². The highest BCUT2D eigenvalue weighted by Crippen LogP contribution is 2.22. The Morgan fingerprint density at radius 2 is 1.08 bits per heavy atom. The number of hydrogen-bond donors (Lipinski definition) is 6. The third-order valence-corrected chi connectivity index (χ3v) is 10.5. The monoisotopic (exact) mass is 754 g/mol. The van der Waals surface area contributed by atoms with Crippen molar-refractivity contribution in [3.63, 3.8) is 0 Å². The van der Waals surface area contributed by atoms with Crippen molar-refractivity contribution in [2.75, 3.05) is 13.2 Å². The van der Waals surface area contributed by atoms with Gasteiger partial charge in [-0.1, -0.05) is 173 Å². The molecular weight excluding hydrogens is 670 g/mol. The van der Waals surface area contributed by atoms with E-state index in [0.717, 1.165) is 64.2 Å². The van der Waals surface area contributed by atoms with E-state index < -0.39 is 49.5 Å². The van der Waals surface area contributed by atoms with Crippen molar-refractivity contribution in [1.29, 1.82) is 0 Å². The summed E-state index contributed by atoms with van der Waals surface area (Å²) in [6.07, 6.45) is 33.7. The maximum Gasteiger partial charge on any atom is 0.220 e. The van der Waals surface area contributed by atoms with Crippen LogP contribution in [0.1, 0.15) is 194 Å². The SMILES string of the molecule is CCCC/C=C\CCCCCCCC(=O)NC(COC1OC(CO)C(O)C(O)C1O)C(O)/C=C/CCCCCCCCCCCCCCCCCCC. The Hall–Kier alpha value is -1.33. The first-order chi connectivity index (χ1) is 25.8. The average molecular weight is 754 g/mol. The molecular formula is C44H83NO8. The van der Waals surface area contributed by atoms with Crippen molar-refractivity contribution >= 4 is 5.91 Å². The number of carbonyl (C=O) groups excluding carboxylic acids is 1. The fraction of sp³-hybridized carbons (Fsp3) is 0.886. The normalized spacial score (nSPS) is 21.8. The molecule has 6 N–H and O–H groups in total. The Bertz CT molecular complexity index is 883. The van der Waals surface area contributed by atoms with Gasteiger partial charge in [0.05, 0.1) is 25.4 Å². The standard InChI is InChI=1S/C44H83NO8/c1-3-5-7-9-11-13-15-16-17-18-19-20-21-22-24-25-27-29-31-33-38(47)37(36-52-44-43(51)42(50)41(49)39(35-46)53-44)45-40(48)34-32-30-28-26-23-14-12-10-8-6-4-2/h10,12,31,33,37-39,41-44,46-47,49-51H,3-9,11,13-30,32,34-36H2,1-2H3,(H,45,48)/b12-10-,33-31+. The van der Waals surface area contributed by atoms with E-state index in [4.69, 9.17) is 9.47 Å². The third kappa shape index (κ3) is 26.2. The highest BCUT2D eigenvalue weighted by Gasteiger charge is 2.44. The predicted octanol–water partition coefficient (Wildman–Crippen LogP) is 8.72. The summed E-state index contributed by atoms with van der Waals surface area (Å²) in [5.41, 5.74) is 0. The summed E-state index contributed by atoms with van der Waals surface area (Å²) in [5.74, 6) is -0.188. The van der Waals surface area contributed by atoms with Gasteiger partial charge in [0.15, 0.2) is 6.29 Å². The minimum absolute atomic E-state index is 0.188. The van der Waals surface area contributed by atoms with Gasteiger partial charge in [-0.15, -0.1) is 0 Å². The van der Waals surface area contributed by atoms with Gasteiger partial charge in [0.25, 0.3) is 0 Å². The number of rotatable bonds is 36. The molecule has 1 aliphatic rings. The fourth-order valence-corrected chi connectivity index (χ4v) is 6.90. The van der Waals surface area contributed by atoms with E-state index in [1.807, 2.05) is 6.08 Å². The molecule has 7 atom stereocenters. The highest BCUT2D eigenvalue weighted by molar-refractivity contribution is 5.76. The number of carbonyl (C=O) groups is 1. The lowest BCUT2D eigenvalue weighted by atomic mass is 9.99. The Labute approximate surface area is 324 Å². The van der Waals surface area contributed by atoms with Crippen molar-refractivity contribution in [2.45, 2.75) is 236 Å². The number of unbranched alkanes of at least 4 members (excludes halogenated alkanes) is 24. The predicted molar refractivity (Wildman–Crippen MR) is 217 cm³/mol. The zero-order valence-corrected chi connectivity index (χ0v) is 34.0. The Kier molecular flexibility index (Phi) is 32.9. The van der Waals surface area contributed by atoms with Crippen LogP contribution in [0.3, 0.4) is 0 Å². The van der Waals surface area contributed by atoms with E-state index in [1.54, 1.807) is 6.08 Å². The van der Waals surface area contributed by atoms with Crippen LogP contribution in [0.25, 0.3) is 0 Å². The highest BCUT2D eigenvalue weighted by atomic mass is 16.7. The van der Waals surface area contributed by atoms with E-state index in [9.17, 15) is 30.3 Å². The van der Waals surface area contributed by atoms with Crippen LogP contribution >= 0.6 is 0 Å². The number of ether oxygens (including phenoxy) is 2. The molecule has 0 saturated carbocycles. The lowest BCUT2D eigenvalue weighted by molar-refractivity contribution is -0.302. The molecule has 1 heterocycles. The quantitative estimate of drug-likeness (QED) is 0.0275. The van der Waals surface area contributed by atoms with Crippen LogP contribution in [0.4, 0.5) is 0 Å². The lowest BCUT2D eigenvalue weighted by Gasteiger charge is -2.40. The molecule has 0 spiro atoms. The van der Waals surface area contributed by atoms with Crippen molar-refractivity contribution < 1.29 is 39.8 Å². The molecule has 0 radical (unpaired) electrons. The summed E-state index contributed by atoms with van der Waals surface area (Å²) in [5, 5.41) is 54.1. The van der Waals surface area contributed by atoms with Crippen molar-refractivity contribution in [3.8, 4) is 0 Å². The van der Waals surface area contributed by atoms with Crippen LogP contribution in [-0.4, -0.2) is 87.5 Å². The first-order valence-electron chi connectivity index (χ1n) is 22.1. The van der Waals surface area contributed by atoms with Crippen LogP contribution in [0.15, 0.2) is 24.3 Å². The zero-order chi connectivity index (χ0) is 38.8. The molecule has 53 heavy (non-hydrogen) atoms. The summed E-state index contributed by atoms with van der Waals surface area (Å²) < 4.78 is 11.2. The molecule has 0 aromatic rings. The minimum Gasteiger partial charge on any atom is -0.394 e. The largest absolute Gasteiger partial charge is 0.394 e. The van der Waals surface area contributed by atoms with E-state index in [1.165, 1.54) is 109 Å². The van der Waals surface area contributed by atoms with Crippen LogP contribution in [0.5, 0.6) is 0 Å². The van der Waals surface area contributed by atoms with E-state index in [-0.39, 0.29) is 12.5 Å². The van der Waals surface area contributed by atoms with Gasteiger partial charge in [0, 0.05) is 6.42 Å². The molecule has 0 aromatic carbocycles. The summed E-state index contributed by atoms with van der Waals surface area (Å²) in [6.45, 7) is 3.72. The zero-order valence-electron chi connectivity index (χ0n) is 34.0. The molecule has 1 rings (SSSR count). The van der Waals surface area contributed by atoms with Gasteiger partial charge in [0.1, 0.15) is 24.4 Å². The average Bonchev–Trinajstić information content (AvgIpc) is 3.16. The molecule has 1 fully saturated rings. The number of aliphatic hydroxyl groups is 5. The van der Waals surface area contributed by atoms with Gasteiger partial charge in [-0.25, -0.2) is 0 Å². The number of amides is 1. The van der Waals surface area contributed by atoms with Crippen LogP contribution in [0, 0.1) is 0 Å². The lowest BCUT2D eigenvalue weighted by Crippen LogP contribution is -2.60. The van der Waals surface area contributed by atoms with Crippen LogP contribution in [-0.2, 0) is 14.3 Å². The maximum absolute atomic E-state index is 12.9. The number of nitrogens with one attached hydrogen (secondary N) is 1. The first-order valence-corrected chi connectivity index (χ1v) is 22.1. The van der Waals surface area contributed by atoms with Gasteiger partial charge < -0.3 is 40.3 Å². The Morgan fingerprint density at radius 3 is 1.58 bits per heavy atom. The van der Waals surface area contributed by atoms with Crippen LogP contribution < -0.4 is 5.32 Å². The van der Waals surface area contributed by atoms with Crippen molar-refractivity contribution in [3.05, 3.63) is 24.3 Å². The van der Waals surface area contributed by atoms with E-state index in [0.29, 0.717) is 6.42 Å². The molecule has 0 aromatic heterocycles.